The van der Waals surface area contributed by atoms with Crippen LogP contribution >= 0.6 is 34.8 Å². The molecular formula is C20H20Cl3NO4S. The predicted molar refractivity (Wildman–Crippen MR) is 116 cm³/mol. The molecule has 0 aromatic heterocycles. The molecule has 9 heteroatoms. The minimum absolute atomic E-state index is 0.0504. The van der Waals surface area contributed by atoms with Crippen LogP contribution in [0, 0.1) is 0 Å². The second-order valence-corrected chi connectivity index (χ2v) is 10.2. The van der Waals surface area contributed by atoms with Gasteiger partial charge in [-0.1, -0.05) is 53.0 Å². The van der Waals surface area contributed by atoms with Crippen molar-refractivity contribution >= 4 is 50.5 Å². The molecule has 3 rings (SSSR count). The summed E-state index contributed by atoms with van der Waals surface area (Å²) in [6.07, 6.45) is 0.372. The van der Waals surface area contributed by atoms with Gasteiger partial charge in [-0.25, -0.2) is 8.42 Å². The number of sulfone groups is 1. The molecule has 2 aromatic carbocycles. The SMILES string of the molecule is CCOc1c(Cl)cc(C(=O)N(Cc2ccccc2Cl)C2CCS(=O)(=O)C2)cc1Cl. The van der Waals surface area contributed by atoms with Crippen molar-refractivity contribution in [3.63, 3.8) is 0 Å². The summed E-state index contributed by atoms with van der Waals surface area (Å²) in [5.74, 6) is -0.0801. The molecule has 2 aromatic rings. The Hall–Kier alpha value is -1.47. The first kappa shape index (κ1) is 22.2. The van der Waals surface area contributed by atoms with Crippen LogP contribution in [0.3, 0.4) is 0 Å². The van der Waals surface area contributed by atoms with Gasteiger partial charge in [-0.3, -0.25) is 4.79 Å². The van der Waals surface area contributed by atoms with E-state index in [1.807, 2.05) is 12.1 Å². The van der Waals surface area contributed by atoms with Crippen LogP contribution in [0.2, 0.25) is 15.1 Å². The zero-order chi connectivity index (χ0) is 21.2. The number of rotatable bonds is 6. The van der Waals surface area contributed by atoms with E-state index in [9.17, 15) is 13.2 Å². The van der Waals surface area contributed by atoms with E-state index in [4.69, 9.17) is 39.5 Å². The van der Waals surface area contributed by atoms with E-state index >= 15 is 0 Å². The Labute approximate surface area is 185 Å². The van der Waals surface area contributed by atoms with Crippen molar-refractivity contribution in [2.45, 2.75) is 25.9 Å². The Balaban J connectivity index is 1.97. The van der Waals surface area contributed by atoms with Gasteiger partial charge in [0.05, 0.1) is 28.2 Å². The number of benzene rings is 2. The fourth-order valence-electron chi connectivity index (χ4n) is 3.33. The van der Waals surface area contributed by atoms with Crippen molar-refractivity contribution in [3.8, 4) is 5.75 Å². The van der Waals surface area contributed by atoms with Gasteiger partial charge in [0, 0.05) is 23.2 Å². The maximum absolute atomic E-state index is 13.4. The quantitative estimate of drug-likeness (QED) is 0.596. The number of hydrogen-bond acceptors (Lipinski definition) is 4. The molecule has 0 aliphatic carbocycles. The zero-order valence-electron chi connectivity index (χ0n) is 15.7. The first-order valence-electron chi connectivity index (χ1n) is 9.08. The monoisotopic (exact) mass is 475 g/mol. The molecule has 29 heavy (non-hydrogen) atoms. The largest absolute Gasteiger partial charge is 0.491 e. The Kier molecular flexibility index (Phi) is 6.99. The van der Waals surface area contributed by atoms with Crippen LogP contribution in [0.1, 0.15) is 29.3 Å². The molecule has 1 aliphatic rings. The van der Waals surface area contributed by atoms with Crippen molar-refractivity contribution in [3.05, 3.63) is 62.6 Å². The fraction of sp³-hybridized carbons (Fsp3) is 0.350. The standard InChI is InChI=1S/C20H20Cl3NO4S/c1-2-28-19-17(22)9-14(10-18(19)23)20(25)24(15-7-8-29(26,27)12-15)11-13-5-3-4-6-16(13)21/h3-6,9-10,15H,2,7-8,11-12H2,1H3. The fourth-order valence-corrected chi connectivity index (χ4v) is 5.85. The number of amides is 1. The summed E-state index contributed by atoms with van der Waals surface area (Å²) in [7, 11) is -3.19. The molecule has 0 spiro atoms. The summed E-state index contributed by atoms with van der Waals surface area (Å²) in [4.78, 5) is 14.9. The lowest BCUT2D eigenvalue weighted by atomic mass is 10.1. The van der Waals surface area contributed by atoms with Crippen molar-refractivity contribution in [2.75, 3.05) is 18.1 Å². The van der Waals surface area contributed by atoms with Gasteiger partial charge >= 0.3 is 0 Å². The molecule has 0 N–H and O–H groups in total. The summed E-state index contributed by atoms with van der Waals surface area (Å²) in [6.45, 7) is 2.37. The molecule has 1 amide bonds. The van der Waals surface area contributed by atoms with Gasteiger partial charge in [-0.05, 0) is 37.1 Å². The maximum atomic E-state index is 13.4. The molecule has 5 nitrogen and oxygen atoms in total. The van der Waals surface area contributed by atoms with Crippen LogP contribution < -0.4 is 4.74 Å². The lowest BCUT2D eigenvalue weighted by Crippen LogP contribution is -2.40. The van der Waals surface area contributed by atoms with Gasteiger partial charge in [-0.2, -0.15) is 0 Å². The Morgan fingerprint density at radius 2 is 1.79 bits per heavy atom. The third-order valence-corrected chi connectivity index (χ3v) is 7.42. The van der Waals surface area contributed by atoms with E-state index in [0.717, 1.165) is 5.56 Å². The topological polar surface area (TPSA) is 63.7 Å². The Morgan fingerprint density at radius 1 is 1.14 bits per heavy atom. The van der Waals surface area contributed by atoms with Crippen molar-refractivity contribution in [2.24, 2.45) is 0 Å². The van der Waals surface area contributed by atoms with Crippen LogP contribution in [0.4, 0.5) is 0 Å². The van der Waals surface area contributed by atoms with Crippen LogP contribution in [-0.4, -0.2) is 43.4 Å². The highest BCUT2D eigenvalue weighted by Gasteiger charge is 2.35. The lowest BCUT2D eigenvalue weighted by molar-refractivity contribution is 0.0681. The second kappa shape index (κ2) is 9.13. The normalized spacial score (nSPS) is 17.9. The summed E-state index contributed by atoms with van der Waals surface area (Å²) < 4.78 is 29.5. The highest BCUT2D eigenvalue weighted by molar-refractivity contribution is 7.91. The molecular weight excluding hydrogens is 457 g/mol. The predicted octanol–water partition coefficient (Wildman–Crippen LogP) is 4.88. The van der Waals surface area contributed by atoms with E-state index in [0.29, 0.717) is 23.8 Å². The smallest absolute Gasteiger partial charge is 0.254 e. The van der Waals surface area contributed by atoms with Gasteiger partial charge < -0.3 is 9.64 Å². The van der Waals surface area contributed by atoms with Crippen molar-refractivity contribution < 1.29 is 17.9 Å². The van der Waals surface area contributed by atoms with Crippen molar-refractivity contribution in [1.82, 2.24) is 4.90 Å². The number of carbonyl (C=O) groups excluding carboxylic acids is 1. The lowest BCUT2D eigenvalue weighted by Gasteiger charge is -2.29. The molecule has 0 radical (unpaired) electrons. The van der Waals surface area contributed by atoms with E-state index < -0.39 is 15.9 Å². The average molecular weight is 477 g/mol. The summed E-state index contributed by atoms with van der Waals surface area (Å²) in [6, 6.07) is 9.69. The molecule has 1 aliphatic heterocycles. The third-order valence-electron chi connectivity index (χ3n) is 4.74. The summed E-state index contributed by atoms with van der Waals surface area (Å²) >= 11 is 18.8. The second-order valence-electron chi connectivity index (χ2n) is 6.78. The van der Waals surface area contributed by atoms with Crippen LogP contribution in [0.25, 0.3) is 0 Å². The Bertz CT molecular complexity index is 1000. The highest BCUT2D eigenvalue weighted by atomic mass is 35.5. The number of hydrogen-bond donors (Lipinski definition) is 0. The molecule has 1 saturated heterocycles. The molecule has 1 fully saturated rings. The van der Waals surface area contributed by atoms with E-state index in [1.54, 1.807) is 19.1 Å². The number of ether oxygens (including phenoxy) is 1. The number of carbonyl (C=O) groups is 1. The highest BCUT2D eigenvalue weighted by Crippen LogP contribution is 2.35. The van der Waals surface area contributed by atoms with Gasteiger partial charge in [0.1, 0.15) is 0 Å². The molecule has 1 atom stereocenters. The maximum Gasteiger partial charge on any atom is 0.254 e. The minimum atomic E-state index is -3.19. The molecule has 1 heterocycles. The number of nitrogens with zero attached hydrogens (tertiary/aromatic N) is 1. The van der Waals surface area contributed by atoms with Gasteiger partial charge in [0.25, 0.3) is 5.91 Å². The van der Waals surface area contributed by atoms with Gasteiger partial charge in [-0.15, -0.1) is 0 Å². The third kappa shape index (κ3) is 5.18. The molecule has 156 valence electrons. The van der Waals surface area contributed by atoms with E-state index in [1.165, 1.54) is 17.0 Å². The first-order chi connectivity index (χ1) is 13.7. The molecule has 0 saturated carbocycles. The van der Waals surface area contributed by atoms with Crippen molar-refractivity contribution in [1.29, 1.82) is 0 Å². The minimum Gasteiger partial charge on any atom is -0.491 e. The van der Waals surface area contributed by atoms with Crippen LogP contribution in [-0.2, 0) is 16.4 Å². The Morgan fingerprint density at radius 3 is 2.34 bits per heavy atom. The zero-order valence-corrected chi connectivity index (χ0v) is 18.8. The number of halogens is 3. The van der Waals surface area contributed by atoms with E-state index in [-0.39, 0.29) is 39.6 Å². The molecule has 0 bridgehead atoms. The average Bonchev–Trinajstić information content (AvgIpc) is 3.03. The summed E-state index contributed by atoms with van der Waals surface area (Å²) in [5.41, 5.74) is 0.995. The van der Waals surface area contributed by atoms with Crippen LogP contribution in [0.5, 0.6) is 5.75 Å². The van der Waals surface area contributed by atoms with Gasteiger partial charge in [0.2, 0.25) is 0 Å². The van der Waals surface area contributed by atoms with Gasteiger partial charge in [0.15, 0.2) is 15.6 Å². The summed E-state index contributed by atoms with van der Waals surface area (Å²) in [5, 5.41) is 0.952. The first-order valence-corrected chi connectivity index (χ1v) is 12.0. The molecule has 1 unspecified atom stereocenters. The van der Waals surface area contributed by atoms with Crippen LogP contribution in [0.15, 0.2) is 36.4 Å². The van der Waals surface area contributed by atoms with E-state index in [2.05, 4.69) is 0 Å².